The van der Waals surface area contributed by atoms with Gasteiger partial charge in [-0.2, -0.15) is 0 Å². The fraction of sp³-hybridized carbons (Fsp3) is 0.345. The minimum absolute atomic E-state index is 0.0954. The van der Waals surface area contributed by atoms with Gasteiger partial charge < -0.3 is 18.9 Å². The molecule has 0 unspecified atom stereocenters. The van der Waals surface area contributed by atoms with E-state index < -0.39 is 5.82 Å². The van der Waals surface area contributed by atoms with Crippen molar-refractivity contribution in [1.82, 2.24) is 0 Å². The maximum atomic E-state index is 14.1. The summed E-state index contributed by atoms with van der Waals surface area (Å²) in [6.07, 6.45) is 2.28. The molecule has 0 saturated heterocycles. The van der Waals surface area contributed by atoms with Crippen LogP contribution >= 0.6 is 11.6 Å². The second kappa shape index (κ2) is 13.7. The van der Waals surface area contributed by atoms with Gasteiger partial charge in [-0.3, -0.25) is 4.79 Å². The van der Waals surface area contributed by atoms with Crippen molar-refractivity contribution in [3.05, 3.63) is 82.6 Å². The molecule has 0 fully saturated rings. The number of ether oxygens (including phenoxy) is 4. The van der Waals surface area contributed by atoms with Crippen LogP contribution in [0.5, 0.6) is 23.0 Å². The lowest BCUT2D eigenvalue weighted by Crippen LogP contribution is -2.16. The predicted molar refractivity (Wildman–Crippen MR) is 139 cm³/mol. The van der Waals surface area contributed by atoms with E-state index in [1.54, 1.807) is 43.3 Å². The maximum absolute atomic E-state index is 14.1. The first-order chi connectivity index (χ1) is 17.4. The fourth-order valence-electron chi connectivity index (χ4n) is 3.66. The lowest BCUT2D eigenvalue weighted by molar-refractivity contribution is -0.143. The molecule has 36 heavy (non-hydrogen) atoms. The molecule has 3 rings (SSSR count). The van der Waals surface area contributed by atoms with E-state index in [4.69, 9.17) is 30.5 Å². The number of para-hydroxylation sites is 1. The first-order valence-electron chi connectivity index (χ1n) is 12.2. The number of hydrogen-bond donors (Lipinski definition) is 0. The van der Waals surface area contributed by atoms with Gasteiger partial charge in [0, 0.05) is 23.9 Å². The van der Waals surface area contributed by atoms with Crippen molar-refractivity contribution >= 4 is 17.6 Å². The van der Waals surface area contributed by atoms with E-state index in [0.29, 0.717) is 49.0 Å². The summed E-state index contributed by atoms with van der Waals surface area (Å²) in [4.78, 5) is 11.7. The number of esters is 1. The molecule has 192 valence electrons. The molecule has 1 atom stereocenters. The Morgan fingerprint density at radius 1 is 0.972 bits per heavy atom. The molecule has 3 aromatic rings. The molecule has 0 amide bonds. The Kier molecular flexibility index (Phi) is 10.4. The van der Waals surface area contributed by atoms with Crippen LogP contribution in [0.4, 0.5) is 4.39 Å². The second-order valence-corrected chi connectivity index (χ2v) is 8.71. The van der Waals surface area contributed by atoms with Gasteiger partial charge in [0.05, 0.1) is 19.3 Å². The molecular weight excluding hydrogens is 483 g/mol. The van der Waals surface area contributed by atoms with Gasteiger partial charge in [-0.05, 0) is 74.2 Å². The normalized spacial score (nSPS) is 11.6. The second-order valence-electron chi connectivity index (χ2n) is 8.28. The monoisotopic (exact) mass is 514 g/mol. The highest BCUT2D eigenvalue weighted by Gasteiger charge is 2.14. The fourth-order valence-corrected chi connectivity index (χ4v) is 3.82. The Bertz CT molecular complexity index is 1150. The molecule has 0 aliphatic heterocycles. The lowest BCUT2D eigenvalue weighted by atomic mass is 10.0. The first-order valence-corrected chi connectivity index (χ1v) is 12.6. The number of carbonyl (C=O) groups excluding carboxylic acids is 1. The SMILES string of the molecule is CCOC(=O)CCc1ccc(OCC[C@@H](C)Oc2ccc(Cl)cc2Oc2ccccc2F)cc1CC. The van der Waals surface area contributed by atoms with Crippen molar-refractivity contribution in [3.63, 3.8) is 0 Å². The molecule has 0 N–H and O–H groups in total. The zero-order chi connectivity index (χ0) is 25.9. The summed E-state index contributed by atoms with van der Waals surface area (Å²) in [7, 11) is 0. The van der Waals surface area contributed by atoms with Crippen LogP contribution in [-0.2, 0) is 22.4 Å². The number of hydrogen-bond acceptors (Lipinski definition) is 5. The van der Waals surface area contributed by atoms with Crippen LogP contribution in [-0.4, -0.2) is 25.3 Å². The van der Waals surface area contributed by atoms with Crippen LogP contribution in [0.1, 0.15) is 44.7 Å². The topological polar surface area (TPSA) is 54.0 Å². The van der Waals surface area contributed by atoms with Crippen LogP contribution in [0.15, 0.2) is 60.7 Å². The van der Waals surface area contributed by atoms with E-state index in [0.717, 1.165) is 23.3 Å². The highest BCUT2D eigenvalue weighted by molar-refractivity contribution is 6.30. The number of benzene rings is 3. The molecule has 0 saturated carbocycles. The third kappa shape index (κ3) is 8.16. The van der Waals surface area contributed by atoms with Crippen molar-refractivity contribution in [1.29, 1.82) is 0 Å². The molecular formula is C29H32ClFO5. The molecule has 7 heteroatoms. The molecule has 5 nitrogen and oxygen atoms in total. The zero-order valence-corrected chi connectivity index (χ0v) is 21.6. The van der Waals surface area contributed by atoms with Crippen molar-refractivity contribution in [2.45, 2.75) is 52.6 Å². The highest BCUT2D eigenvalue weighted by atomic mass is 35.5. The summed E-state index contributed by atoms with van der Waals surface area (Å²) >= 11 is 6.12. The largest absolute Gasteiger partial charge is 0.493 e. The molecule has 0 radical (unpaired) electrons. The Balaban J connectivity index is 1.55. The molecule has 0 spiro atoms. The number of aryl methyl sites for hydroxylation is 2. The Morgan fingerprint density at radius 2 is 1.78 bits per heavy atom. The minimum Gasteiger partial charge on any atom is -0.493 e. The van der Waals surface area contributed by atoms with Gasteiger partial charge in [0.1, 0.15) is 5.75 Å². The van der Waals surface area contributed by atoms with Crippen LogP contribution in [0.3, 0.4) is 0 Å². The summed E-state index contributed by atoms with van der Waals surface area (Å²) in [5.41, 5.74) is 2.27. The third-order valence-corrected chi connectivity index (χ3v) is 5.78. The van der Waals surface area contributed by atoms with Gasteiger partial charge in [0.15, 0.2) is 23.1 Å². The van der Waals surface area contributed by atoms with E-state index in [9.17, 15) is 9.18 Å². The van der Waals surface area contributed by atoms with Gasteiger partial charge in [-0.1, -0.05) is 36.7 Å². The molecule has 0 bridgehead atoms. The van der Waals surface area contributed by atoms with Gasteiger partial charge in [0.2, 0.25) is 0 Å². The van der Waals surface area contributed by atoms with Gasteiger partial charge in [-0.15, -0.1) is 0 Å². The Labute approximate surface area is 217 Å². The van der Waals surface area contributed by atoms with Crippen molar-refractivity contribution < 1.29 is 28.1 Å². The average molecular weight is 515 g/mol. The predicted octanol–water partition coefficient (Wildman–Crippen LogP) is 7.57. The molecule has 3 aromatic carbocycles. The Hall–Kier alpha value is -3.25. The van der Waals surface area contributed by atoms with E-state index in [1.165, 1.54) is 6.07 Å². The quantitative estimate of drug-likeness (QED) is 0.220. The summed E-state index contributed by atoms with van der Waals surface area (Å²) in [6, 6.07) is 17.1. The van der Waals surface area contributed by atoms with E-state index in [2.05, 4.69) is 6.92 Å². The van der Waals surface area contributed by atoms with Crippen molar-refractivity contribution in [2.24, 2.45) is 0 Å². The molecule has 0 aliphatic rings. The maximum Gasteiger partial charge on any atom is 0.306 e. The third-order valence-electron chi connectivity index (χ3n) is 5.55. The van der Waals surface area contributed by atoms with Crippen LogP contribution in [0, 0.1) is 5.82 Å². The van der Waals surface area contributed by atoms with Gasteiger partial charge in [0.25, 0.3) is 0 Å². The summed E-state index contributed by atoms with van der Waals surface area (Å²) in [6.45, 7) is 6.66. The summed E-state index contributed by atoms with van der Waals surface area (Å²) < 4.78 is 36.8. The van der Waals surface area contributed by atoms with E-state index >= 15 is 0 Å². The van der Waals surface area contributed by atoms with Crippen molar-refractivity contribution in [3.8, 4) is 23.0 Å². The smallest absolute Gasteiger partial charge is 0.306 e. The lowest BCUT2D eigenvalue weighted by Gasteiger charge is -2.18. The van der Waals surface area contributed by atoms with E-state index in [1.807, 2.05) is 25.1 Å². The van der Waals surface area contributed by atoms with Crippen LogP contribution in [0.25, 0.3) is 0 Å². The first kappa shape index (κ1) is 27.3. The molecule has 0 heterocycles. The number of rotatable bonds is 13. The zero-order valence-electron chi connectivity index (χ0n) is 20.9. The number of halogens is 2. The molecule has 0 aliphatic carbocycles. The Morgan fingerprint density at radius 3 is 2.53 bits per heavy atom. The molecule has 0 aromatic heterocycles. The van der Waals surface area contributed by atoms with Gasteiger partial charge in [-0.25, -0.2) is 4.39 Å². The van der Waals surface area contributed by atoms with E-state index in [-0.39, 0.29) is 17.8 Å². The van der Waals surface area contributed by atoms with Gasteiger partial charge >= 0.3 is 5.97 Å². The average Bonchev–Trinajstić information content (AvgIpc) is 2.86. The minimum atomic E-state index is -0.469. The summed E-state index contributed by atoms with van der Waals surface area (Å²) in [5, 5.41) is 0.460. The van der Waals surface area contributed by atoms with Crippen LogP contribution < -0.4 is 14.2 Å². The highest BCUT2D eigenvalue weighted by Crippen LogP contribution is 2.35. The standard InChI is InChI=1S/C29H32ClFO5/c1-4-21-18-24(13-10-22(21)11-15-29(32)33-5-2)34-17-16-20(3)35-27-14-12-23(30)19-28(27)36-26-9-7-6-8-25(26)31/h6-10,12-14,18-20H,4-5,11,15-17H2,1-3H3/t20-/m1/s1. The van der Waals surface area contributed by atoms with Crippen LogP contribution in [0.2, 0.25) is 5.02 Å². The number of carbonyl (C=O) groups is 1. The summed E-state index contributed by atoms with van der Waals surface area (Å²) in [5.74, 6) is 1.02. The van der Waals surface area contributed by atoms with Crippen molar-refractivity contribution in [2.75, 3.05) is 13.2 Å².